The third kappa shape index (κ3) is 3.99. The van der Waals surface area contributed by atoms with Gasteiger partial charge in [-0.2, -0.15) is 10.5 Å². The molecule has 0 aliphatic rings. The van der Waals surface area contributed by atoms with Crippen LogP contribution in [0.2, 0.25) is 0 Å². The van der Waals surface area contributed by atoms with E-state index in [4.69, 9.17) is 5.26 Å². The van der Waals surface area contributed by atoms with Crippen molar-refractivity contribution in [3.8, 4) is 12.1 Å². The van der Waals surface area contributed by atoms with Crippen LogP contribution in [-0.4, -0.2) is 29.0 Å². The molecule has 0 unspecified atom stereocenters. The Morgan fingerprint density at radius 1 is 1.41 bits per heavy atom. The highest BCUT2D eigenvalue weighted by atomic mass is 16.2. The lowest BCUT2D eigenvalue weighted by Gasteiger charge is -2.14. The van der Waals surface area contributed by atoms with Crippen molar-refractivity contribution in [2.75, 3.05) is 13.6 Å². The lowest BCUT2D eigenvalue weighted by molar-refractivity contribution is -0.125. The van der Waals surface area contributed by atoms with E-state index < -0.39 is 0 Å². The second-order valence-corrected chi connectivity index (χ2v) is 5.28. The monoisotopic (exact) mass is 298 g/mol. The first-order chi connectivity index (χ1) is 10.5. The number of likely N-dealkylation sites (N-methyl/N-ethyl adjacent to an activating group) is 1. The molecule has 0 saturated heterocycles. The van der Waals surface area contributed by atoms with Crippen LogP contribution in [0.1, 0.15) is 36.7 Å². The zero-order valence-corrected chi connectivity index (χ0v) is 13.7. The van der Waals surface area contributed by atoms with Crippen molar-refractivity contribution in [1.29, 1.82) is 10.5 Å². The van der Waals surface area contributed by atoms with E-state index in [9.17, 15) is 10.1 Å². The largest absolute Gasteiger partial charge is 0.349 e. The van der Waals surface area contributed by atoms with E-state index in [1.165, 1.54) is 4.90 Å². The molecule has 0 radical (unpaired) electrons. The first-order valence-electron chi connectivity index (χ1n) is 7.37. The molecule has 0 aromatic carbocycles. The molecule has 1 heterocycles. The van der Waals surface area contributed by atoms with Crippen molar-refractivity contribution >= 4 is 12.0 Å². The lowest BCUT2D eigenvalue weighted by Crippen LogP contribution is -2.28. The number of amides is 1. The van der Waals surface area contributed by atoms with Gasteiger partial charge in [-0.05, 0) is 38.0 Å². The van der Waals surface area contributed by atoms with E-state index >= 15 is 0 Å². The van der Waals surface area contributed by atoms with Crippen molar-refractivity contribution in [2.24, 2.45) is 0 Å². The minimum absolute atomic E-state index is 0.0946. The number of carbonyl (C=O) groups is 1. The molecule has 0 N–H and O–H groups in total. The van der Waals surface area contributed by atoms with Crippen LogP contribution in [0.5, 0.6) is 0 Å². The maximum absolute atomic E-state index is 12.2. The summed E-state index contributed by atoms with van der Waals surface area (Å²) in [6, 6.07) is 5.96. The molecule has 0 bridgehead atoms. The summed E-state index contributed by atoms with van der Waals surface area (Å²) < 4.78 is 2.19. The van der Waals surface area contributed by atoms with Crippen molar-refractivity contribution in [2.45, 2.75) is 40.2 Å². The van der Waals surface area contributed by atoms with Crippen LogP contribution < -0.4 is 0 Å². The Kier molecular flexibility index (Phi) is 6.41. The normalized spacial score (nSPS) is 10.9. The van der Waals surface area contributed by atoms with Crippen LogP contribution in [0, 0.1) is 36.5 Å². The fraction of sp³-hybridized carbons (Fsp3) is 0.471. The number of hydrogen-bond donors (Lipinski definition) is 0. The molecule has 0 aliphatic carbocycles. The maximum Gasteiger partial charge on any atom is 0.264 e. The van der Waals surface area contributed by atoms with Crippen LogP contribution in [0.3, 0.4) is 0 Å². The van der Waals surface area contributed by atoms with Crippen molar-refractivity contribution in [3.63, 3.8) is 0 Å². The van der Waals surface area contributed by atoms with Crippen LogP contribution in [-0.2, 0) is 11.3 Å². The summed E-state index contributed by atoms with van der Waals surface area (Å²) in [4.78, 5) is 13.6. The Morgan fingerprint density at radius 2 is 2.09 bits per heavy atom. The standard InChI is InChI=1S/C17H22N4O/c1-5-8-21-13(2)10-15(14(21)3)11-16(12-19)17(22)20(4)9-6-7-18/h10-11H,5-6,8-9H2,1-4H3/b16-11+. The third-order valence-corrected chi connectivity index (χ3v) is 3.62. The number of hydrogen-bond acceptors (Lipinski definition) is 3. The predicted molar refractivity (Wildman–Crippen MR) is 85.7 cm³/mol. The van der Waals surface area contributed by atoms with Gasteiger partial charge in [0.15, 0.2) is 0 Å². The Labute approximate surface area is 132 Å². The molecular formula is C17H22N4O. The molecule has 5 nitrogen and oxygen atoms in total. The summed E-state index contributed by atoms with van der Waals surface area (Å²) in [5.74, 6) is -0.349. The summed E-state index contributed by atoms with van der Waals surface area (Å²) in [6.45, 7) is 7.37. The third-order valence-electron chi connectivity index (χ3n) is 3.62. The fourth-order valence-electron chi connectivity index (χ4n) is 2.36. The van der Waals surface area contributed by atoms with Gasteiger partial charge < -0.3 is 9.47 Å². The van der Waals surface area contributed by atoms with E-state index in [-0.39, 0.29) is 17.9 Å². The highest BCUT2D eigenvalue weighted by Crippen LogP contribution is 2.19. The summed E-state index contributed by atoms with van der Waals surface area (Å²) in [6.07, 6.45) is 2.92. The molecule has 1 rings (SSSR count). The lowest BCUT2D eigenvalue weighted by atomic mass is 10.1. The first-order valence-corrected chi connectivity index (χ1v) is 7.37. The minimum atomic E-state index is -0.349. The Morgan fingerprint density at radius 3 is 2.64 bits per heavy atom. The van der Waals surface area contributed by atoms with E-state index in [1.807, 2.05) is 32.1 Å². The van der Waals surface area contributed by atoms with Gasteiger partial charge in [0, 0.05) is 31.5 Å². The van der Waals surface area contributed by atoms with Gasteiger partial charge >= 0.3 is 0 Å². The number of rotatable bonds is 6. The van der Waals surface area contributed by atoms with Crippen LogP contribution in [0.25, 0.3) is 6.08 Å². The molecule has 116 valence electrons. The molecule has 22 heavy (non-hydrogen) atoms. The van der Waals surface area contributed by atoms with Crippen LogP contribution >= 0.6 is 0 Å². The molecule has 0 fully saturated rings. The molecule has 0 spiro atoms. The van der Waals surface area contributed by atoms with E-state index in [2.05, 4.69) is 11.5 Å². The number of nitrogens with zero attached hydrogens (tertiary/aromatic N) is 4. The number of nitriles is 2. The van der Waals surface area contributed by atoms with Crippen LogP contribution in [0.15, 0.2) is 11.6 Å². The second-order valence-electron chi connectivity index (χ2n) is 5.28. The summed E-state index contributed by atoms with van der Waals surface area (Å²) in [5, 5.41) is 17.8. The molecule has 1 aromatic rings. The fourth-order valence-corrected chi connectivity index (χ4v) is 2.36. The van der Waals surface area contributed by atoms with E-state index in [0.717, 1.165) is 29.9 Å². The average molecular weight is 298 g/mol. The van der Waals surface area contributed by atoms with Gasteiger partial charge in [-0.15, -0.1) is 0 Å². The van der Waals surface area contributed by atoms with Gasteiger partial charge in [-0.3, -0.25) is 4.79 Å². The zero-order valence-electron chi connectivity index (χ0n) is 13.7. The first kappa shape index (κ1) is 17.5. The Balaban J connectivity index is 3.08. The topological polar surface area (TPSA) is 72.8 Å². The summed E-state index contributed by atoms with van der Waals surface area (Å²) in [7, 11) is 1.60. The smallest absolute Gasteiger partial charge is 0.264 e. The molecule has 0 atom stereocenters. The SMILES string of the molecule is CCCn1c(C)cc(/C=C(\C#N)C(=O)N(C)CCC#N)c1C. The van der Waals surface area contributed by atoms with Gasteiger partial charge in [-0.25, -0.2) is 0 Å². The second kappa shape index (κ2) is 8.05. The Bertz CT molecular complexity index is 655. The van der Waals surface area contributed by atoms with E-state index in [0.29, 0.717) is 6.54 Å². The molecule has 5 heteroatoms. The molecule has 1 amide bonds. The minimum Gasteiger partial charge on any atom is -0.349 e. The van der Waals surface area contributed by atoms with Gasteiger partial charge in [0.2, 0.25) is 0 Å². The predicted octanol–water partition coefficient (Wildman–Crippen LogP) is 2.79. The Hall–Kier alpha value is -2.53. The molecule has 1 aromatic heterocycles. The number of aromatic nitrogens is 1. The number of carbonyl (C=O) groups excluding carboxylic acids is 1. The summed E-state index contributed by atoms with van der Waals surface area (Å²) >= 11 is 0. The van der Waals surface area contributed by atoms with Crippen molar-refractivity contribution in [3.05, 3.63) is 28.6 Å². The van der Waals surface area contributed by atoms with Gasteiger partial charge in [-0.1, -0.05) is 6.92 Å². The summed E-state index contributed by atoms with van der Waals surface area (Å²) in [5.41, 5.74) is 3.16. The van der Waals surface area contributed by atoms with Gasteiger partial charge in [0.1, 0.15) is 11.6 Å². The maximum atomic E-state index is 12.2. The average Bonchev–Trinajstić information content (AvgIpc) is 2.77. The molecule has 0 aliphatic heterocycles. The molecular weight excluding hydrogens is 276 g/mol. The highest BCUT2D eigenvalue weighted by Gasteiger charge is 2.16. The highest BCUT2D eigenvalue weighted by molar-refractivity contribution is 6.01. The molecule has 0 saturated carbocycles. The zero-order chi connectivity index (χ0) is 16.7. The van der Waals surface area contributed by atoms with Crippen molar-refractivity contribution in [1.82, 2.24) is 9.47 Å². The van der Waals surface area contributed by atoms with Crippen LogP contribution in [0.4, 0.5) is 0 Å². The quantitative estimate of drug-likeness (QED) is 0.599. The number of aryl methyl sites for hydroxylation is 1. The van der Waals surface area contributed by atoms with Gasteiger partial charge in [0.25, 0.3) is 5.91 Å². The van der Waals surface area contributed by atoms with Gasteiger partial charge in [0.05, 0.1) is 12.5 Å². The van der Waals surface area contributed by atoms with E-state index in [1.54, 1.807) is 13.1 Å². The van der Waals surface area contributed by atoms with Crippen molar-refractivity contribution < 1.29 is 4.79 Å².